The van der Waals surface area contributed by atoms with Crippen LogP contribution in [0.2, 0.25) is 0 Å². The second-order valence-electron chi connectivity index (χ2n) is 10.4. The Morgan fingerprint density at radius 2 is 0.970 bits per heavy atom. The molecule has 0 radical (unpaired) electrons. The van der Waals surface area contributed by atoms with Gasteiger partial charge in [-0.05, 0) is 0 Å². The zero-order chi connectivity index (χ0) is 24.7. The second kappa shape index (κ2) is 21.4. The van der Waals surface area contributed by atoms with Crippen molar-refractivity contribution in [3.8, 4) is 0 Å². The molecule has 0 amide bonds. The van der Waals surface area contributed by atoms with Gasteiger partial charge in [0, 0.05) is 0 Å². The Morgan fingerprint density at radius 1 is 0.636 bits per heavy atom. The summed E-state index contributed by atoms with van der Waals surface area (Å²) in [4.78, 5) is 11.7. The number of halogens is 1. The number of esters is 1. The van der Waals surface area contributed by atoms with E-state index in [2.05, 4.69) is 42.8 Å². The molecule has 4 heteroatoms. The fourth-order valence-corrected chi connectivity index (χ4v) is 12.6. The van der Waals surface area contributed by atoms with Crippen molar-refractivity contribution in [3.63, 3.8) is 0 Å². The van der Waals surface area contributed by atoms with Crippen molar-refractivity contribution in [1.82, 2.24) is 0 Å². The molecule has 33 heavy (non-hydrogen) atoms. The average molecular weight is 550 g/mol. The number of rotatable bonds is 25. The molecule has 0 N–H and O–H groups in total. The van der Waals surface area contributed by atoms with Crippen molar-refractivity contribution in [2.45, 2.75) is 136 Å². The molecular weight excluding hydrogens is 491 g/mol. The van der Waals surface area contributed by atoms with Crippen molar-refractivity contribution in [2.24, 2.45) is 0 Å². The Bertz CT molecular complexity index is 437. The summed E-state index contributed by atoms with van der Waals surface area (Å²) in [6.07, 6.45) is 30.6. The van der Waals surface area contributed by atoms with Gasteiger partial charge in [0.25, 0.3) is 0 Å². The molecular formula is C29H58BrO2P. The molecule has 0 aromatic carbocycles. The number of carbonyl (C=O) groups is 1. The van der Waals surface area contributed by atoms with Crippen LogP contribution in [0.25, 0.3) is 0 Å². The maximum atomic E-state index is 11.7. The number of carbonyl (C=O) groups excluding carboxylic acids is 1. The van der Waals surface area contributed by atoms with Gasteiger partial charge in [0.05, 0.1) is 0 Å². The van der Waals surface area contributed by atoms with E-state index in [0.29, 0.717) is 6.61 Å². The normalized spacial score (nSPS) is 12.9. The predicted molar refractivity (Wildman–Crippen MR) is 157 cm³/mol. The van der Waals surface area contributed by atoms with E-state index in [9.17, 15) is 4.79 Å². The summed E-state index contributed by atoms with van der Waals surface area (Å²) < 4.78 is 5.54. The molecule has 0 aromatic rings. The standard InChI is InChI=1S/C29H58BrO2P/c1-5-9-12-15-18-21-25-33(30,28-24-32-29(31)8-4,26-22-19-16-13-10-6-2)27-23-20-17-14-11-7-3/h8H,4-7,9-28H2,1-3H3. The summed E-state index contributed by atoms with van der Waals surface area (Å²) in [5.41, 5.74) is 0. The van der Waals surface area contributed by atoms with E-state index < -0.39 is 5.31 Å². The molecule has 0 saturated heterocycles. The van der Waals surface area contributed by atoms with Crippen LogP contribution in [0.1, 0.15) is 136 Å². The van der Waals surface area contributed by atoms with E-state index in [1.807, 2.05) is 0 Å². The predicted octanol–water partition coefficient (Wildman–Crippen LogP) is 10.7. The van der Waals surface area contributed by atoms with E-state index in [0.717, 1.165) is 6.16 Å². The second-order valence-corrected chi connectivity index (χ2v) is 21.8. The molecule has 0 aromatic heterocycles. The zero-order valence-electron chi connectivity index (χ0n) is 22.7. The van der Waals surface area contributed by atoms with Crippen molar-refractivity contribution in [1.29, 1.82) is 0 Å². The summed E-state index contributed by atoms with van der Waals surface area (Å²) in [6.45, 7) is 11.0. The van der Waals surface area contributed by atoms with Gasteiger partial charge < -0.3 is 0 Å². The number of unbranched alkanes of at least 4 members (excludes halogenated alkanes) is 15. The Balaban J connectivity index is 5.10. The zero-order valence-corrected chi connectivity index (χ0v) is 25.2. The summed E-state index contributed by atoms with van der Waals surface area (Å²) in [6, 6.07) is 0. The van der Waals surface area contributed by atoms with Crippen molar-refractivity contribution in [2.75, 3.05) is 31.3 Å². The first kappa shape index (κ1) is 33.1. The van der Waals surface area contributed by atoms with Crippen molar-refractivity contribution >= 4 is 26.8 Å². The molecule has 198 valence electrons. The van der Waals surface area contributed by atoms with Gasteiger partial charge in [0.2, 0.25) is 0 Å². The summed E-state index contributed by atoms with van der Waals surface area (Å²) in [5.74, 6) is -0.272. The van der Waals surface area contributed by atoms with Crippen molar-refractivity contribution in [3.05, 3.63) is 12.7 Å². The minimum absolute atomic E-state index is 0.272. The fraction of sp³-hybridized carbons (Fsp3) is 0.897. The van der Waals surface area contributed by atoms with Gasteiger partial charge >= 0.3 is 217 Å². The molecule has 2 nitrogen and oxygen atoms in total. The van der Waals surface area contributed by atoms with Gasteiger partial charge in [-0.15, -0.1) is 0 Å². The molecule has 0 fully saturated rings. The number of ether oxygens (including phenoxy) is 1. The van der Waals surface area contributed by atoms with Crippen LogP contribution in [0, 0.1) is 0 Å². The molecule has 0 saturated carbocycles. The topological polar surface area (TPSA) is 26.3 Å². The first-order valence-electron chi connectivity index (χ1n) is 14.4. The molecule has 0 atom stereocenters. The molecule has 0 aliphatic heterocycles. The number of hydrogen-bond donors (Lipinski definition) is 0. The van der Waals surface area contributed by atoms with E-state index >= 15 is 0 Å². The van der Waals surface area contributed by atoms with Crippen LogP contribution in [-0.4, -0.2) is 37.2 Å². The summed E-state index contributed by atoms with van der Waals surface area (Å²) in [7, 11) is 0. The molecule has 0 bridgehead atoms. The average Bonchev–Trinajstić information content (AvgIpc) is 2.81. The van der Waals surface area contributed by atoms with E-state index in [4.69, 9.17) is 4.74 Å². The van der Waals surface area contributed by atoms with Gasteiger partial charge in [-0.1, -0.05) is 0 Å². The van der Waals surface area contributed by atoms with Gasteiger partial charge in [0.15, 0.2) is 0 Å². The van der Waals surface area contributed by atoms with Crippen LogP contribution in [-0.2, 0) is 9.53 Å². The Kier molecular flexibility index (Phi) is 21.5. The van der Waals surface area contributed by atoms with Crippen LogP contribution >= 0.6 is 20.8 Å². The molecule has 0 aliphatic rings. The third-order valence-electron chi connectivity index (χ3n) is 7.27. The molecule has 0 rings (SSSR count). The number of hydrogen-bond acceptors (Lipinski definition) is 2. The van der Waals surface area contributed by atoms with Crippen LogP contribution in [0.15, 0.2) is 12.7 Å². The van der Waals surface area contributed by atoms with Gasteiger partial charge in [-0.3, -0.25) is 0 Å². The van der Waals surface area contributed by atoms with E-state index in [1.165, 1.54) is 140 Å². The van der Waals surface area contributed by atoms with Crippen LogP contribution in [0.4, 0.5) is 0 Å². The van der Waals surface area contributed by atoms with Crippen LogP contribution in [0.3, 0.4) is 0 Å². The quantitative estimate of drug-likeness (QED) is 0.0490. The third kappa shape index (κ3) is 18.1. The van der Waals surface area contributed by atoms with Crippen LogP contribution < -0.4 is 0 Å². The third-order valence-corrected chi connectivity index (χ3v) is 17.1. The Labute approximate surface area is 216 Å². The Hall–Kier alpha value is 0.120. The molecule has 0 spiro atoms. The SMILES string of the molecule is C=CC(=O)OCCP(Br)(CCCCCCCC)(CCCCCCCC)CCCCCCCC. The summed E-state index contributed by atoms with van der Waals surface area (Å²) >= 11 is 4.53. The first-order chi connectivity index (χ1) is 15.9. The van der Waals surface area contributed by atoms with Crippen molar-refractivity contribution < 1.29 is 9.53 Å². The van der Waals surface area contributed by atoms with Crippen LogP contribution in [0.5, 0.6) is 0 Å². The van der Waals surface area contributed by atoms with E-state index in [-0.39, 0.29) is 5.97 Å². The van der Waals surface area contributed by atoms with Gasteiger partial charge in [-0.2, -0.15) is 0 Å². The summed E-state index contributed by atoms with van der Waals surface area (Å²) in [5, 5.41) is -2.08. The Morgan fingerprint density at radius 3 is 1.30 bits per heavy atom. The van der Waals surface area contributed by atoms with Gasteiger partial charge in [0.1, 0.15) is 0 Å². The minimum atomic E-state index is -2.08. The maximum absolute atomic E-state index is 11.7. The molecule has 0 unspecified atom stereocenters. The fourth-order valence-electron chi connectivity index (χ4n) is 4.97. The van der Waals surface area contributed by atoms with E-state index in [1.54, 1.807) is 0 Å². The first-order valence-corrected chi connectivity index (χ1v) is 19.4. The molecule has 0 heterocycles. The van der Waals surface area contributed by atoms with Gasteiger partial charge in [-0.25, -0.2) is 0 Å². The monoisotopic (exact) mass is 548 g/mol. The molecule has 0 aliphatic carbocycles.